The zero-order chi connectivity index (χ0) is 19.7. The van der Waals surface area contributed by atoms with Gasteiger partial charge in [0.2, 0.25) is 0 Å². The largest absolute Gasteiger partial charge is 0.459 e. The number of hydrogen-bond acceptors (Lipinski definition) is 3. The molecule has 1 N–H and O–H groups in total. The average Bonchev–Trinajstić information content (AvgIpc) is 3.21. The van der Waals surface area contributed by atoms with Gasteiger partial charge in [-0.1, -0.05) is 23.2 Å². The first-order valence-electron chi connectivity index (χ1n) is 8.77. The van der Waals surface area contributed by atoms with Crippen LogP contribution in [-0.2, 0) is 6.42 Å². The fourth-order valence-electron chi connectivity index (χ4n) is 3.29. The summed E-state index contributed by atoms with van der Waals surface area (Å²) in [6, 6.07) is 13.6. The molecule has 28 heavy (non-hydrogen) atoms. The van der Waals surface area contributed by atoms with Gasteiger partial charge in [-0.2, -0.15) is 0 Å². The van der Waals surface area contributed by atoms with Crippen LogP contribution in [0.1, 0.15) is 32.9 Å². The number of anilines is 2. The van der Waals surface area contributed by atoms with Gasteiger partial charge >= 0.3 is 0 Å². The molecule has 4 rings (SSSR count). The Morgan fingerprint density at radius 3 is 2.68 bits per heavy atom. The van der Waals surface area contributed by atoms with Crippen molar-refractivity contribution < 1.29 is 14.0 Å². The lowest BCUT2D eigenvalue weighted by atomic mass is 10.0. The first-order valence-corrected chi connectivity index (χ1v) is 9.53. The molecule has 1 aromatic heterocycles. The Balaban J connectivity index is 1.57. The molecule has 0 unspecified atom stereocenters. The Bertz CT molecular complexity index is 1050. The van der Waals surface area contributed by atoms with Crippen LogP contribution in [0.15, 0.2) is 59.2 Å². The molecule has 0 saturated heterocycles. The van der Waals surface area contributed by atoms with E-state index in [0.717, 1.165) is 24.1 Å². The molecular formula is C21H16Cl2N2O3. The predicted molar refractivity (Wildman–Crippen MR) is 110 cm³/mol. The Labute approximate surface area is 171 Å². The molecule has 0 radical (unpaired) electrons. The van der Waals surface area contributed by atoms with E-state index in [1.807, 2.05) is 12.1 Å². The molecule has 142 valence electrons. The molecule has 0 bridgehead atoms. The van der Waals surface area contributed by atoms with Crippen molar-refractivity contribution in [3.8, 4) is 0 Å². The van der Waals surface area contributed by atoms with E-state index in [-0.39, 0.29) is 16.8 Å². The van der Waals surface area contributed by atoms with Crippen LogP contribution < -0.4 is 10.2 Å². The van der Waals surface area contributed by atoms with E-state index in [0.29, 0.717) is 28.6 Å². The van der Waals surface area contributed by atoms with Crippen molar-refractivity contribution in [3.05, 3.63) is 81.7 Å². The molecule has 5 nitrogen and oxygen atoms in total. The third kappa shape index (κ3) is 3.63. The Kier molecular flexibility index (Phi) is 5.11. The number of aryl methyl sites for hydroxylation is 1. The first-order chi connectivity index (χ1) is 13.5. The van der Waals surface area contributed by atoms with Crippen LogP contribution in [0.5, 0.6) is 0 Å². The van der Waals surface area contributed by atoms with Crippen molar-refractivity contribution in [2.75, 3.05) is 16.8 Å². The molecule has 7 heteroatoms. The Hall–Kier alpha value is -2.76. The smallest absolute Gasteiger partial charge is 0.293 e. The standard InChI is InChI=1S/C21H16Cl2N2O3/c22-14-5-7-16(17(23)12-14)20(26)24-15-6-8-18-13(11-15)3-1-9-25(18)21(27)19-4-2-10-28-19/h2,4-8,10-12H,1,3,9H2,(H,24,26). The minimum absolute atomic E-state index is 0.171. The van der Waals surface area contributed by atoms with E-state index in [4.69, 9.17) is 27.6 Å². The minimum Gasteiger partial charge on any atom is -0.459 e. The molecule has 0 fully saturated rings. The van der Waals surface area contributed by atoms with Gasteiger partial charge in [0.25, 0.3) is 11.8 Å². The fraction of sp³-hybridized carbons (Fsp3) is 0.143. The number of benzene rings is 2. The summed E-state index contributed by atoms with van der Waals surface area (Å²) in [5, 5.41) is 3.61. The molecule has 0 saturated carbocycles. The van der Waals surface area contributed by atoms with Crippen LogP contribution in [0.25, 0.3) is 0 Å². The van der Waals surface area contributed by atoms with E-state index in [9.17, 15) is 9.59 Å². The van der Waals surface area contributed by atoms with Gasteiger partial charge in [-0.25, -0.2) is 0 Å². The number of fused-ring (bicyclic) bond motifs is 1. The Morgan fingerprint density at radius 1 is 1.07 bits per heavy atom. The molecule has 1 aliphatic heterocycles. The number of furan rings is 1. The van der Waals surface area contributed by atoms with Crippen molar-refractivity contribution in [1.82, 2.24) is 0 Å². The maximum atomic E-state index is 12.7. The van der Waals surface area contributed by atoms with E-state index in [1.165, 1.54) is 12.3 Å². The van der Waals surface area contributed by atoms with Gasteiger partial charge in [0.1, 0.15) is 0 Å². The number of carbonyl (C=O) groups excluding carboxylic acids is 2. The lowest BCUT2D eigenvalue weighted by molar-refractivity contribution is 0.0957. The fourth-order valence-corrected chi connectivity index (χ4v) is 3.79. The van der Waals surface area contributed by atoms with Gasteiger partial charge in [0, 0.05) is 22.9 Å². The maximum absolute atomic E-state index is 12.7. The highest BCUT2D eigenvalue weighted by atomic mass is 35.5. The lowest BCUT2D eigenvalue weighted by Crippen LogP contribution is -2.35. The maximum Gasteiger partial charge on any atom is 0.293 e. The summed E-state index contributed by atoms with van der Waals surface area (Å²) in [5.74, 6) is -0.181. The second kappa shape index (κ2) is 7.70. The third-order valence-electron chi connectivity index (χ3n) is 4.61. The monoisotopic (exact) mass is 414 g/mol. The minimum atomic E-state index is -0.319. The quantitative estimate of drug-likeness (QED) is 0.621. The van der Waals surface area contributed by atoms with E-state index < -0.39 is 0 Å². The van der Waals surface area contributed by atoms with Crippen LogP contribution in [0.4, 0.5) is 11.4 Å². The summed E-state index contributed by atoms with van der Waals surface area (Å²) in [5.41, 5.74) is 2.81. The highest BCUT2D eigenvalue weighted by Crippen LogP contribution is 2.31. The van der Waals surface area contributed by atoms with Crippen LogP contribution >= 0.6 is 23.2 Å². The Morgan fingerprint density at radius 2 is 1.93 bits per heavy atom. The highest BCUT2D eigenvalue weighted by molar-refractivity contribution is 6.37. The van der Waals surface area contributed by atoms with Crippen molar-refractivity contribution in [2.24, 2.45) is 0 Å². The number of carbonyl (C=O) groups is 2. The summed E-state index contributed by atoms with van der Waals surface area (Å²) in [6.45, 7) is 0.624. The number of hydrogen-bond donors (Lipinski definition) is 1. The SMILES string of the molecule is O=C(Nc1ccc2c(c1)CCCN2C(=O)c1ccco1)c1ccc(Cl)cc1Cl. The molecule has 2 aromatic carbocycles. The number of rotatable bonds is 3. The van der Waals surface area contributed by atoms with Crippen molar-refractivity contribution in [2.45, 2.75) is 12.8 Å². The number of amides is 2. The molecule has 2 amide bonds. The molecular weight excluding hydrogens is 399 g/mol. The molecule has 0 spiro atoms. The summed E-state index contributed by atoms with van der Waals surface area (Å²) < 4.78 is 5.24. The summed E-state index contributed by atoms with van der Waals surface area (Å²) >= 11 is 12.0. The molecule has 3 aromatic rings. The van der Waals surface area contributed by atoms with Crippen molar-refractivity contribution in [1.29, 1.82) is 0 Å². The van der Waals surface area contributed by atoms with Crippen LogP contribution in [0, 0.1) is 0 Å². The lowest BCUT2D eigenvalue weighted by Gasteiger charge is -2.29. The zero-order valence-electron chi connectivity index (χ0n) is 14.7. The number of halogens is 2. The van der Waals surface area contributed by atoms with E-state index in [2.05, 4.69) is 5.32 Å². The predicted octanol–water partition coefficient (Wildman–Crippen LogP) is 5.43. The summed E-state index contributed by atoms with van der Waals surface area (Å²) in [7, 11) is 0. The summed E-state index contributed by atoms with van der Waals surface area (Å²) in [6.07, 6.45) is 3.14. The zero-order valence-corrected chi connectivity index (χ0v) is 16.3. The van der Waals surface area contributed by atoms with E-state index in [1.54, 1.807) is 35.2 Å². The van der Waals surface area contributed by atoms with Gasteiger partial charge in [-0.15, -0.1) is 0 Å². The molecule has 0 atom stereocenters. The molecule has 2 heterocycles. The van der Waals surface area contributed by atoms with Gasteiger partial charge in [-0.3, -0.25) is 9.59 Å². The van der Waals surface area contributed by atoms with Crippen LogP contribution in [-0.4, -0.2) is 18.4 Å². The number of nitrogens with zero attached hydrogens (tertiary/aromatic N) is 1. The van der Waals surface area contributed by atoms with Crippen molar-refractivity contribution >= 4 is 46.4 Å². The topological polar surface area (TPSA) is 62.6 Å². The molecule has 1 aliphatic rings. The van der Waals surface area contributed by atoms with Crippen LogP contribution in [0.2, 0.25) is 10.0 Å². The van der Waals surface area contributed by atoms with Crippen molar-refractivity contribution in [3.63, 3.8) is 0 Å². The summed E-state index contributed by atoms with van der Waals surface area (Å²) in [4.78, 5) is 26.9. The number of nitrogens with one attached hydrogen (secondary N) is 1. The molecule has 0 aliphatic carbocycles. The van der Waals surface area contributed by atoms with Gasteiger partial charge < -0.3 is 14.6 Å². The second-order valence-corrected chi connectivity index (χ2v) is 7.30. The average molecular weight is 415 g/mol. The van der Waals surface area contributed by atoms with Gasteiger partial charge in [0.15, 0.2) is 5.76 Å². The van der Waals surface area contributed by atoms with E-state index >= 15 is 0 Å². The normalized spacial score (nSPS) is 13.1. The first kappa shape index (κ1) is 18.6. The van der Waals surface area contributed by atoms with Crippen LogP contribution in [0.3, 0.4) is 0 Å². The second-order valence-electron chi connectivity index (χ2n) is 6.46. The van der Waals surface area contributed by atoms with Gasteiger partial charge in [0.05, 0.1) is 16.8 Å². The third-order valence-corrected chi connectivity index (χ3v) is 5.16. The highest BCUT2D eigenvalue weighted by Gasteiger charge is 2.25. The van der Waals surface area contributed by atoms with Gasteiger partial charge in [-0.05, 0) is 66.9 Å².